The van der Waals surface area contributed by atoms with E-state index in [9.17, 15) is 58.3 Å². The lowest BCUT2D eigenvalue weighted by atomic mass is 10.1. The van der Waals surface area contributed by atoms with E-state index >= 15 is 0 Å². The molecule has 0 aromatic carbocycles. The molecule has 3 atom stereocenters. The fourth-order valence-corrected chi connectivity index (χ4v) is 1.75. The molecule has 0 bridgehead atoms. The normalized spacial score (nSPS) is 13.8. The zero-order valence-electron chi connectivity index (χ0n) is 15.2. The van der Waals surface area contributed by atoms with Gasteiger partial charge < -0.3 is 10.00 Å². The Hall–Kier alpha value is -0.560. The van der Waals surface area contributed by atoms with Gasteiger partial charge in [0.25, 0.3) is 13.9 Å². The van der Waals surface area contributed by atoms with Gasteiger partial charge in [-0.05, 0) is 10.9 Å². The summed E-state index contributed by atoms with van der Waals surface area (Å²) in [5, 5.41) is 21.8. The molecular weight excluding hydrogens is 535 g/mol. The summed E-state index contributed by atoms with van der Waals surface area (Å²) in [6.07, 6.45) is -13.1. The van der Waals surface area contributed by atoms with Gasteiger partial charge in [-0.3, -0.25) is 4.79 Å². The van der Waals surface area contributed by atoms with Gasteiger partial charge in [0.15, 0.2) is 0 Å². The molecule has 198 valence electrons. The topological polar surface area (TPSA) is 124 Å². The first-order chi connectivity index (χ1) is 14.5. The van der Waals surface area contributed by atoms with E-state index in [1.54, 1.807) is 9.47 Å². The molecule has 0 amide bonds. The monoisotopic (exact) mass is 552 g/mol. The number of ketones is 1. The Morgan fingerprint density at radius 3 is 1.72 bits per heavy atom. The second kappa shape index (κ2) is 22.2. The third kappa shape index (κ3) is 36.8. The van der Waals surface area contributed by atoms with Gasteiger partial charge in [-0.2, -0.15) is 32.3 Å². The maximum atomic E-state index is 11.9. The summed E-state index contributed by atoms with van der Waals surface area (Å²) in [5.41, 5.74) is -2.57. The highest BCUT2D eigenvalue weighted by Gasteiger charge is 2.42. The molecule has 0 radical (unpaired) electrons. The summed E-state index contributed by atoms with van der Waals surface area (Å²) in [5.74, 6) is -1.10. The summed E-state index contributed by atoms with van der Waals surface area (Å²) in [6.45, 7) is -3.10. The van der Waals surface area contributed by atoms with Crippen LogP contribution in [0.3, 0.4) is 0 Å². The fourth-order valence-electron chi connectivity index (χ4n) is 1.13. The number of hydrogen-bond acceptors (Lipinski definition) is 9. The van der Waals surface area contributed by atoms with Crippen LogP contribution in [0.5, 0.6) is 0 Å². The predicted octanol–water partition coefficient (Wildman–Crippen LogP) is 4.96. The Bertz CT molecular complexity index is 426. The van der Waals surface area contributed by atoms with E-state index in [2.05, 4.69) is 24.2 Å². The van der Waals surface area contributed by atoms with Gasteiger partial charge in [0, 0.05) is 22.3 Å². The van der Waals surface area contributed by atoms with Gasteiger partial charge in [-0.25, -0.2) is 18.4 Å². The van der Waals surface area contributed by atoms with Crippen LogP contribution in [-0.2, 0) is 29.0 Å². The molecule has 32 heavy (non-hydrogen) atoms. The molecule has 0 saturated carbocycles. The first kappa shape index (κ1) is 38.7. The Morgan fingerprint density at radius 2 is 1.44 bits per heavy atom. The van der Waals surface area contributed by atoms with Crippen molar-refractivity contribution in [3.8, 4) is 0 Å². The minimum Gasteiger partial charge on any atom is -0.356 e. The number of carbonyl (C=O) groups excluding carboxylic acids is 1. The number of aliphatic hydroxyl groups is 1. The quantitative estimate of drug-likeness (QED) is 0.107. The summed E-state index contributed by atoms with van der Waals surface area (Å²) in [7, 11) is -1.38. The van der Waals surface area contributed by atoms with Crippen LogP contribution >= 0.6 is 17.8 Å². The molecular formula is C10H17F11O9P2. The fraction of sp³-hybridized carbons (Fsp3) is 0.900. The number of Topliss-reactive ketones (excluding diaryl/α,β-unsaturated/α-hetero) is 1. The number of hydrogen-bond donors (Lipinski definition) is 3. The van der Waals surface area contributed by atoms with E-state index in [1.807, 2.05) is 0 Å². The van der Waals surface area contributed by atoms with E-state index in [4.69, 9.17) is 10.2 Å². The lowest BCUT2D eigenvalue weighted by Gasteiger charge is -2.26. The second-order valence-electron chi connectivity index (χ2n) is 4.28. The van der Waals surface area contributed by atoms with Crippen molar-refractivity contribution >= 4 is 23.6 Å². The average molecular weight is 552 g/mol. The third-order valence-corrected chi connectivity index (χ3v) is 3.11. The van der Waals surface area contributed by atoms with Crippen LogP contribution in [0.1, 0.15) is 25.7 Å². The standard InChI is InChI=1S/C7H13F3O8P2.CF4.CH2F2O.CH2F2/c8-6(9,10)4-5(11)2-1-3-7(12,15-17-18-19)20(14)16-13;2-1(3,4)5;2-1-4-3;2-1-3/h12-14H,1-4,19H2;;1H2;1H2. The van der Waals surface area contributed by atoms with Crippen LogP contribution in [0.15, 0.2) is 0 Å². The van der Waals surface area contributed by atoms with E-state index in [-0.39, 0.29) is 6.42 Å². The predicted molar refractivity (Wildman–Crippen MR) is 82.7 cm³/mol. The van der Waals surface area contributed by atoms with Crippen LogP contribution in [0.2, 0.25) is 0 Å². The molecule has 9 nitrogen and oxygen atoms in total. The largest absolute Gasteiger partial charge is 0.559 e. The average Bonchev–Trinajstić information content (AvgIpc) is 2.63. The van der Waals surface area contributed by atoms with Crippen molar-refractivity contribution in [3.05, 3.63) is 0 Å². The van der Waals surface area contributed by atoms with E-state index < -0.39 is 65.3 Å². The van der Waals surface area contributed by atoms with Crippen molar-refractivity contribution in [2.24, 2.45) is 0 Å². The molecule has 0 aliphatic carbocycles. The van der Waals surface area contributed by atoms with Gasteiger partial charge >= 0.3 is 12.6 Å². The maximum absolute atomic E-state index is 11.9. The molecule has 0 aromatic rings. The summed E-state index contributed by atoms with van der Waals surface area (Å²) >= 11 is 0. The Balaban J connectivity index is -0.000000267. The summed E-state index contributed by atoms with van der Waals surface area (Å²) < 4.78 is 121. The van der Waals surface area contributed by atoms with Crippen molar-refractivity contribution in [1.29, 1.82) is 0 Å². The molecule has 0 heterocycles. The second-order valence-corrected chi connectivity index (χ2v) is 5.88. The minimum atomic E-state index is -5.50. The molecule has 22 heteroatoms. The highest BCUT2D eigenvalue weighted by molar-refractivity contribution is 7.47. The van der Waals surface area contributed by atoms with Crippen LogP contribution in [0.4, 0.5) is 48.4 Å². The first-order valence-corrected chi connectivity index (χ1v) is 8.66. The van der Waals surface area contributed by atoms with Gasteiger partial charge in [0.2, 0.25) is 13.8 Å². The Morgan fingerprint density at radius 1 is 1.03 bits per heavy atom. The van der Waals surface area contributed by atoms with Gasteiger partial charge in [0.05, 0.1) is 0 Å². The molecule has 0 aromatic heterocycles. The van der Waals surface area contributed by atoms with E-state index in [0.29, 0.717) is 0 Å². The van der Waals surface area contributed by atoms with Gasteiger partial charge in [-0.1, -0.05) is 5.04 Å². The number of carbonyl (C=O) groups is 1. The van der Waals surface area contributed by atoms with Crippen molar-refractivity contribution in [1.82, 2.24) is 0 Å². The molecule has 0 saturated heterocycles. The van der Waals surface area contributed by atoms with Gasteiger partial charge in [-0.15, -0.1) is 17.6 Å². The number of rotatable bonds is 11. The smallest absolute Gasteiger partial charge is 0.356 e. The summed E-state index contributed by atoms with van der Waals surface area (Å²) in [4.78, 5) is 26.7. The SMILES string of the molecule is FC(F)(F)F.FCF.FCOF.O=C(CCCC(O)(OOOP)P(O)OO)CC(F)(F)F. The number of alkyl halides is 10. The van der Waals surface area contributed by atoms with E-state index in [1.165, 1.54) is 0 Å². The molecule has 0 fully saturated rings. The Kier molecular flexibility index (Phi) is 26.9. The van der Waals surface area contributed by atoms with Crippen molar-refractivity contribution < 1.29 is 92.7 Å². The maximum Gasteiger partial charge on any atom is 0.559 e. The molecule has 0 rings (SSSR count). The van der Waals surface area contributed by atoms with Crippen LogP contribution < -0.4 is 0 Å². The highest BCUT2D eigenvalue weighted by atomic mass is 31.2. The van der Waals surface area contributed by atoms with E-state index in [0.717, 1.165) is 0 Å². The highest BCUT2D eigenvalue weighted by Crippen LogP contribution is 2.48. The zero-order valence-corrected chi connectivity index (χ0v) is 17.3. The van der Waals surface area contributed by atoms with Crippen molar-refractivity contribution in [2.75, 3.05) is 13.8 Å². The third-order valence-electron chi connectivity index (χ3n) is 1.98. The van der Waals surface area contributed by atoms with Gasteiger partial charge in [0.1, 0.15) is 12.2 Å². The summed E-state index contributed by atoms with van der Waals surface area (Å²) in [6, 6.07) is 0. The Labute approximate surface area is 175 Å². The van der Waals surface area contributed by atoms with Crippen LogP contribution in [0, 0.1) is 0 Å². The number of halogens is 11. The molecule has 0 aliphatic heterocycles. The van der Waals surface area contributed by atoms with Crippen molar-refractivity contribution in [2.45, 2.75) is 43.8 Å². The van der Waals surface area contributed by atoms with Crippen LogP contribution in [0.25, 0.3) is 0 Å². The molecule has 0 aliphatic rings. The minimum absolute atomic E-state index is 0.283. The molecule has 0 spiro atoms. The van der Waals surface area contributed by atoms with Crippen LogP contribution in [-0.4, -0.2) is 53.0 Å². The molecule has 3 unspecified atom stereocenters. The first-order valence-electron chi connectivity index (χ1n) is 6.97. The lowest BCUT2D eigenvalue weighted by molar-refractivity contribution is -0.516. The zero-order chi connectivity index (χ0) is 26.4. The van der Waals surface area contributed by atoms with Crippen molar-refractivity contribution in [3.63, 3.8) is 0 Å². The molecule has 3 N–H and O–H groups in total. The lowest BCUT2D eigenvalue weighted by Crippen LogP contribution is -2.31.